The van der Waals surface area contributed by atoms with Crippen LogP contribution in [0.25, 0.3) is 27.1 Å². The molecular weight excluding hydrogens is 612 g/mol. The summed E-state index contributed by atoms with van der Waals surface area (Å²) >= 11 is 0.727. The molecule has 0 unspecified atom stereocenters. The minimum atomic E-state index is -4.62. The third kappa shape index (κ3) is 5.83. The van der Waals surface area contributed by atoms with Gasteiger partial charge in [-0.3, -0.25) is 9.59 Å². The fraction of sp³-hybridized carbons (Fsp3) is 0.346. The lowest BCUT2D eigenvalue weighted by molar-refractivity contribution is -0.0329. The lowest BCUT2D eigenvalue weighted by Gasteiger charge is -2.33. The summed E-state index contributed by atoms with van der Waals surface area (Å²) < 4.78 is 62.3. The molecule has 43 heavy (non-hydrogen) atoms. The van der Waals surface area contributed by atoms with E-state index in [1.54, 1.807) is 19.1 Å². The van der Waals surface area contributed by atoms with Gasteiger partial charge in [0.2, 0.25) is 11.7 Å². The number of piperidine rings is 1. The Morgan fingerprint density at radius 1 is 1.35 bits per heavy atom. The maximum absolute atomic E-state index is 14.7. The molecule has 11 nitrogen and oxygen atoms in total. The van der Waals surface area contributed by atoms with Gasteiger partial charge in [-0.05, 0) is 44.2 Å². The molecule has 1 fully saturated rings. The molecule has 0 radical (unpaired) electrons. The highest BCUT2D eigenvalue weighted by Crippen LogP contribution is 2.44. The molecular formula is C26H24F4N8O3S2. The van der Waals surface area contributed by atoms with Crippen LogP contribution in [0.2, 0.25) is 0 Å². The number of rotatable bonds is 7. The molecule has 1 amide bonds. The third-order valence-electron chi connectivity index (χ3n) is 7.11. The van der Waals surface area contributed by atoms with Crippen LogP contribution in [0.5, 0.6) is 0 Å². The first-order valence-electron chi connectivity index (χ1n) is 13.1. The fourth-order valence-corrected chi connectivity index (χ4v) is 6.86. The van der Waals surface area contributed by atoms with E-state index in [0.717, 1.165) is 11.3 Å². The Morgan fingerprint density at radius 2 is 2.16 bits per heavy atom. The fourth-order valence-electron chi connectivity index (χ4n) is 5.06. The number of aromatic nitrogens is 5. The average Bonchev–Trinajstić information content (AvgIpc) is 3.65. The Balaban J connectivity index is 1.27. The molecule has 17 heteroatoms. The molecule has 6 rings (SSSR count). The first-order chi connectivity index (χ1) is 20.5. The van der Waals surface area contributed by atoms with Gasteiger partial charge in [-0.25, -0.2) is 9.37 Å². The maximum atomic E-state index is 14.7. The summed E-state index contributed by atoms with van der Waals surface area (Å²) in [5.74, 6) is -0.651. The van der Waals surface area contributed by atoms with Gasteiger partial charge in [0.15, 0.2) is 0 Å². The number of fused-ring (bicyclic) bond motifs is 2. The summed E-state index contributed by atoms with van der Waals surface area (Å²) in [7, 11) is 1.83. The highest BCUT2D eigenvalue weighted by atomic mass is 32.2. The molecule has 6 heterocycles. The van der Waals surface area contributed by atoms with E-state index in [1.165, 1.54) is 23.0 Å². The standard InChI is InChI=1S/C26H24F4N8O3S2/c1-12-19-22(39)32-11-33-24(19)42-20(12)23(40)31-9-18-35-21(36-41-18)13-8-17-16(34-15-5-7-37(2)10-14(15)27)4-3-6-38(17)25(13)43-26(28,29)30/h3-4,6,8,11,14-15,34H,5,7,9-10H2,1-2H3,(H,31,40)(H,32,33,39)/t14-,15+/m0/s1. The maximum Gasteiger partial charge on any atom is 0.447 e. The van der Waals surface area contributed by atoms with Crippen molar-refractivity contribution in [1.29, 1.82) is 0 Å². The number of thioether (sulfide) groups is 1. The van der Waals surface area contributed by atoms with Crippen LogP contribution in [0.15, 0.2) is 45.1 Å². The van der Waals surface area contributed by atoms with Crippen molar-refractivity contribution in [3.8, 4) is 11.4 Å². The Morgan fingerprint density at radius 3 is 2.91 bits per heavy atom. The number of likely N-dealkylation sites (tertiary alicyclic amines) is 1. The molecule has 5 aromatic rings. The van der Waals surface area contributed by atoms with E-state index in [0.29, 0.717) is 39.9 Å². The van der Waals surface area contributed by atoms with E-state index in [4.69, 9.17) is 4.52 Å². The molecule has 2 atom stereocenters. The van der Waals surface area contributed by atoms with Crippen molar-refractivity contribution < 1.29 is 26.9 Å². The number of anilines is 1. The van der Waals surface area contributed by atoms with Gasteiger partial charge in [-0.2, -0.15) is 18.2 Å². The largest absolute Gasteiger partial charge is 0.447 e. The van der Waals surface area contributed by atoms with Crippen LogP contribution < -0.4 is 16.2 Å². The summed E-state index contributed by atoms with van der Waals surface area (Å²) in [4.78, 5) is 38.4. The first-order valence-corrected chi connectivity index (χ1v) is 14.7. The van der Waals surface area contributed by atoms with E-state index in [2.05, 4.69) is 30.7 Å². The van der Waals surface area contributed by atoms with Gasteiger partial charge in [-0.15, -0.1) is 11.3 Å². The summed E-state index contributed by atoms with van der Waals surface area (Å²) in [5.41, 5.74) is -3.60. The number of amides is 1. The minimum absolute atomic E-state index is 0.0405. The van der Waals surface area contributed by atoms with Gasteiger partial charge in [0, 0.05) is 31.0 Å². The van der Waals surface area contributed by atoms with E-state index in [-0.39, 0.29) is 57.6 Å². The zero-order valence-electron chi connectivity index (χ0n) is 22.7. The van der Waals surface area contributed by atoms with Gasteiger partial charge in [0.1, 0.15) is 11.0 Å². The third-order valence-corrected chi connectivity index (χ3v) is 9.15. The van der Waals surface area contributed by atoms with Gasteiger partial charge < -0.3 is 29.4 Å². The van der Waals surface area contributed by atoms with E-state index in [1.807, 2.05) is 11.9 Å². The second-order valence-electron chi connectivity index (χ2n) is 10.1. The number of alkyl halides is 4. The second-order valence-corrected chi connectivity index (χ2v) is 12.1. The molecule has 5 aromatic heterocycles. The normalized spacial score (nSPS) is 18.0. The predicted octanol–water partition coefficient (Wildman–Crippen LogP) is 4.59. The van der Waals surface area contributed by atoms with Crippen LogP contribution in [-0.4, -0.2) is 73.2 Å². The highest BCUT2D eigenvalue weighted by Gasteiger charge is 2.34. The lowest BCUT2D eigenvalue weighted by atomic mass is 10.0. The van der Waals surface area contributed by atoms with Crippen LogP contribution in [0.1, 0.15) is 27.5 Å². The number of carbonyl (C=O) groups is 1. The number of halogens is 4. The molecule has 0 spiro atoms. The van der Waals surface area contributed by atoms with Crippen LogP contribution in [0.3, 0.4) is 0 Å². The number of nitrogens with zero attached hydrogens (tertiary/aromatic N) is 5. The molecule has 0 aromatic carbocycles. The predicted molar refractivity (Wildman–Crippen MR) is 153 cm³/mol. The quantitative estimate of drug-likeness (QED) is 0.173. The van der Waals surface area contributed by atoms with Crippen molar-refractivity contribution in [3.63, 3.8) is 0 Å². The Bertz CT molecular complexity index is 1880. The average molecular weight is 637 g/mol. The molecule has 0 bridgehead atoms. The Kier molecular flexibility index (Phi) is 7.64. The molecule has 3 N–H and O–H groups in total. The number of aryl methyl sites for hydroxylation is 1. The number of aromatic amines is 1. The van der Waals surface area contributed by atoms with Crippen molar-refractivity contribution in [2.24, 2.45) is 0 Å². The van der Waals surface area contributed by atoms with Crippen molar-refractivity contribution >= 4 is 50.4 Å². The van der Waals surface area contributed by atoms with Crippen molar-refractivity contribution in [1.82, 2.24) is 34.7 Å². The van der Waals surface area contributed by atoms with Crippen molar-refractivity contribution in [2.75, 3.05) is 25.5 Å². The smallest absolute Gasteiger partial charge is 0.378 e. The second kappa shape index (κ2) is 11.3. The molecule has 1 saturated heterocycles. The number of thiophene rings is 1. The van der Waals surface area contributed by atoms with Crippen molar-refractivity contribution in [3.05, 3.63) is 57.4 Å². The summed E-state index contributed by atoms with van der Waals surface area (Å²) in [6, 6.07) is 4.26. The zero-order valence-corrected chi connectivity index (χ0v) is 24.3. The van der Waals surface area contributed by atoms with Crippen LogP contribution in [-0.2, 0) is 6.54 Å². The van der Waals surface area contributed by atoms with E-state index in [9.17, 15) is 27.2 Å². The number of nitrogens with one attached hydrogen (secondary N) is 3. The van der Waals surface area contributed by atoms with Crippen LogP contribution in [0, 0.1) is 6.92 Å². The Hall–Kier alpha value is -3.96. The monoisotopic (exact) mass is 636 g/mol. The number of pyridine rings is 1. The Labute approximate surface area is 248 Å². The summed E-state index contributed by atoms with van der Waals surface area (Å²) in [6.07, 6.45) is 2.11. The summed E-state index contributed by atoms with van der Waals surface area (Å²) in [5, 5.41) is 9.82. The number of hydrogen-bond donors (Lipinski definition) is 3. The molecule has 226 valence electrons. The number of carbonyl (C=O) groups excluding carboxylic acids is 1. The topological polar surface area (TPSA) is 133 Å². The number of hydrogen-bond acceptors (Lipinski definition) is 10. The SMILES string of the molecule is Cc1c(C(=O)NCc2nc(-c3cc4c(N[C@@H]5CCN(C)C[C@@H]5F)cccn4c3SC(F)(F)F)no2)sc2nc[nH]c(=O)c12. The summed E-state index contributed by atoms with van der Waals surface area (Å²) in [6.45, 7) is 2.36. The van der Waals surface area contributed by atoms with Crippen LogP contribution >= 0.6 is 23.1 Å². The van der Waals surface area contributed by atoms with Gasteiger partial charge in [-0.1, -0.05) is 5.16 Å². The molecule has 0 saturated carbocycles. The van der Waals surface area contributed by atoms with Gasteiger partial charge >= 0.3 is 5.51 Å². The molecule has 1 aliphatic heterocycles. The highest BCUT2D eigenvalue weighted by molar-refractivity contribution is 8.00. The molecule has 0 aliphatic carbocycles. The van der Waals surface area contributed by atoms with Crippen molar-refractivity contribution in [2.45, 2.75) is 42.6 Å². The lowest BCUT2D eigenvalue weighted by Crippen LogP contribution is -2.46. The minimum Gasteiger partial charge on any atom is -0.378 e. The molecule has 1 aliphatic rings. The number of H-pyrrole nitrogens is 1. The van der Waals surface area contributed by atoms with Crippen LogP contribution in [0.4, 0.5) is 23.2 Å². The zero-order chi connectivity index (χ0) is 30.5. The van der Waals surface area contributed by atoms with Gasteiger partial charge in [0.05, 0.1) is 51.0 Å². The van der Waals surface area contributed by atoms with E-state index >= 15 is 0 Å². The van der Waals surface area contributed by atoms with Gasteiger partial charge in [0.25, 0.3) is 11.5 Å². The first kappa shape index (κ1) is 29.1. The van der Waals surface area contributed by atoms with E-state index < -0.39 is 23.6 Å².